The van der Waals surface area contributed by atoms with E-state index in [1.807, 2.05) is 5.16 Å². The lowest BCUT2D eigenvalue weighted by Crippen LogP contribution is -2.06. The van der Waals surface area contributed by atoms with E-state index in [4.69, 9.17) is 0 Å². The van der Waals surface area contributed by atoms with E-state index < -0.39 is 11.9 Å². The molecule has 0 atom stereocenters. The normalized spacial score (nSPS) is 8.42. The Morgan fingerprint density at radius 3 is 2.67 bits per heavy atom. The van der Waals surface area contributed by atoms with Gasteiger partial charge in [0, 0.05) is 6.42 Å². The average molecular weight is 187 g/mol. The quantitative estimate of drug-likeness (QED) is 0.373. The van der Waals surface area contributed by atoms with Gasteiger partial charge in [-0.3, -0.25) is 9.59 Å². The first-order chi connectivity index (χ1) is 5.70. The number of carbonyl (C=O) groups is 2. The summed E-state index contributed by atoms with van der Waals surface area (Å²) in [5, 5.41) is 1.93. The van der Waals surface area contributed by atoms with Gasteiger partial charge in [0.05, 0.1) is 18.2 Å². The third-order valence-electron chi connectivity index (χ3n) is 1.02. The molecule has 0 aromatic carbocycles. The minimum atomic E-state index is -0.446. The van der Waals surface area contributed by atoms with Gasteiger partial charge in [0.2, 0.25) is 0 Å². The van der Waals surface area contributed by atoms with Crippen molar-refractivity contribution in [2.75, 3.05) is 6.61 Å². The molecule has 12 heavy (non-hydrogen) atoms. The molecule has 0 N–H and O–H groups in total. The first-order valence-electron chi connectivity index (χ1n) is 3.47. The minimum absolute atomic E-state index is 0.0302. The molecule has 0 saturated carbocycles. The average Bonchev–Trinajstić information content (AvgIpc) is 2.02. The van der Waals surface area contributed by atoms with E-state index in [9.17, 15) is 9.59 Å². The molecule has 66 valence electrons. The number of rotatable bonds is 4. The van der Waals surface area contributed by atoms with E-state index >= 15 is 0 Å². The lowest BCUT2D eigenvalue weighted by atomic mass is 10.3. The van der Waals surface area contributed by atoms with Crippen LogP contribution in [0.2, 0.25) is 0 Å². The number of ether oxygens (including phenoxy) is 1. The first-order valence-corrected chi connectivity index (χ1v) is 3.87. The minimum Gasteiger partial charge on any atom is -0.466 e. The maximum atomic E-state index is 10.7. The molecule has 0 aliphatic rings. The fourth-order valence-corrected chi connectivity index (χ4v) is 0.651. The predicted molar refractivity (Wildman–Crippen MR) is 45.9 cm³/mol. The summed E-state index contributed by atoms with van der Waals surface area (Å²) in [6.45, 7) is 2.03. The molecule has 0 saturated heterocycles. The fourth-order valence-electron chi connectivity index (χ4n) is 0.549. The van der Waals surface area contributed by atoms with Crippen LogP contribution in [0, 0.1) is 0 Å². The molecule has 0 rings (SSSR count). The van der Waals surface area contributed by atoms with Crippen LogP contribution in [-0.2, 0) is 14.3 Å². The highest BCUT2D eigenvalue weighted by molar-refractivity contribution is 7.78. The van der Waals surface area contributed by atoms with Crippen LogP contribution in [0.25, 0.3) is 0 Å². The molecule has 5 heteroatoms. The third kappa shape index (κ3) is 5.70. The van der Waals surface area contributed by atoms with E-state index in [0.29, 0.717) is 6.61 Å². The summed E-state index contributed by atoms with van der Waals surface area (Å²) in [4.78, 5) is 24.5. The number of hydrogen-bond acceptors (Lipinski definition) is 4. The Morgan fingerprint density at radius 2 is 2.17 bits per heavy atom. The van der Waals surface area contributed by atoms with Gasteiger partial charge in [0.1, 0.15) is 0 Å². The summed E-state index contributed by atoms with van der Waals surface area (Å²) in [5.41, 5.74) is 0. The summed E-state index contributed by atoms with van der Waals surface area (Å²) in [7, 11) is 0. The van der Waals surface area contributed by atoms with Crippen LogP contribution in [0.4, 0.5) is 0 Å². The number of thiocarbonyl (C=S) groups is 1. The molecule has 0 spiro atoms. The number of esters is 1. The van der Waals surface area contributed by atoms with Gasteiger partial charge in [-0.25, -0.2) is 0 Å². The van der Waals surface area contributed by atoms with Crippen molar-refractivity contribution in [2.45, 2.75) is 19.8 Å². The number of nitrogens with zero attached hydrogens (tertiary/aromatic N) is 1. The fraction of sp³-hybridized carbons (Fsp3) is 0.571. The molecule has 4 nitrogen and oxygen atoms in total. The second kappa shape index (κ2) is 6.64. The van der Waals surface area contributed by atoms with Crippen LogP contribution in [-0.4, -0.2) is 23.6 Å². The van der Waals surface area contributed by atoms with Crippen LogP contribution in [0.15, 0.2) is 4.99 Å². The van der Waals surface area contributed by atoms with Gasteiger partial charge in [-0.1, -0.05) is 0 Å². The maximum Gasteiger partial charge on any atom is 0.306 e. The Balaban J connectivity index is 3.61. The summed E-state index contributed by atoms with van der Waals surface area (Å²) in [6.07, 6.45) is 0.0790. The van der Waals surface area contributed by atoms with Gasteiger partial charge >= 0.3 is 5.97 Å². The van der Waals surface area contributed by atoms with Crippen LogP contribution < -0.4 is 0 Å². The van der Waals surface area contributed by atoms with Crippen molar-refractivity contribution < 1.29 is 14.3 Å². The Kier molecular flexibility index (Phi) is 6.05. The van der Waals surface area contributed by atoms with E-state index in [1.165, 1.54) is 0 Å². The second-order valence-corrected chi connectivity index (χ2v) is 2.08. The Bertz CT molecular complexity index is 221. The highest BCUT2D eigenvalue weighted by atomic mass is 32.1. The van der Waals surface area contributed by atoms with Crippen molar-refractivity contribution in [3.05, 3.63) is 0 Å². The van der Waals surface area contributed by atoms with Gasteiger partial charge in [-0.2, -0.15) is 4.99 Å². The molecule has 0 aliphatic carbocycles. The van der Waals surface area contributed by atoms with Crippen LogP contribution in [0.1, 0.15) is 19.8 Å². The van der Waals surface area contributed by atoms with Crippen molar-refractivity contribution in [2.24, 2.45) is 4.99 Å². The number of hydrogen-bond donors (Lipinski definition) is 0. The lowest BCUT2D eigenvalue weighted by Gasteiger charge is -1.97. The topological polar surface area (TPSA) is 55.7 Å². The predicted octanol–water partition coefficient (Wildman–Crippen LogP) is 0.959. The van der Waals surface area contributed by atoms with Crippen molar-refractivity contribution in [1.82, 2.24) is 0 Å². The largest absolute Gasteiger partial charge is 0.466 e. The number of amides is 1. The highest BCUT2D eigenvalue weighted by Gasteiger charge is 2.05. The molecule has 0 aliphatic heterocycles. The zero-order chi connectivity index (χ0) is 9.40. The molecule has 0 fully saturated rings. The van der Waals surface area contributed by atoms with Gasteiger partial charge < -0.3 is 4.74 Å². The molecular weight excluding hydrogens is 178 g/mol. The van der Waals surface area contributed by atoms with Crippen LogP contribution in [0.3, 0.4) is 0 Å². The molecule has 0 aromatic heterocycles. The van der Waals surface area contributed by atoms with Gasteiger partial charge in [-0.15, -0.1) is 0 Å². The lowest BCUT2D eigenvalue weighted by molar-refractivity contribution is -0.144. The second-order valence-electron chi connectivity index (χ2n) is 1.90. The Morgan fingerprint density at radius 1 is 1.50 bits per heavy atom. The number of carbonyl (C=O) groups excluding carboxylic acids is 2. The van der Waals surface area contributed by atoms with Crippen molar-refractivity contribution >= 4 is 29.3 Å². The molecular formula is C7H9NO3S. The van der Waals surface area contributed by atoms with Gasteiger partial charge in [0.15, 0.2) is 0 Å². The van der Waals surface area contributed by atoms with E-state index in [-0.39, 0.29) is 12.8 Å². The van der Waals surface area contributed by atoms with Crippen LogP contribution in [0.5, 0.6) is 0 Å². The Hall–Kier alpha value is -1.06. The zero-order valence-electron chi connectivity index (χ0n) is 6.70. The van der Waals surface area contributed by atoms with Crippen molar-refractivity contribution in [3.8, 4) is 0 Å². The molecule has 0 unspecified atom stereocenters. The van der Waals surface area contributed by atoms with Crippen LogP contribution >= 0.6 is 12.2 Å². The smallest absolute Gasteiger partial charge is 0.306 e. The summed E-state index contributed by atoms with van der Waals surface area (Å²) < 4.78 is 4.59. The highest BCUT2D eigenvalue weighted by Crippen LogP contribution is 1.94. The maximum absolute atomic E-state index is 10.7. The van der Waals surface area contributed by atoms with Crippen molar-refractivity contribution in [3.63, 3.8) is 0 Å². The first kappa shape index (κ1) is 10.9. The third-order valence-corrected chi connectivity index (χ3v) is 1.11. The number of aliphatic imine (C=N–C) groups is 1. The summed E-state index contributed by atoms with van der Waals surface area (Å²) in [6, 6.07) is 0. The molecule has 0 heterocycles. The molecule has 0 aromatic rings. The molecule has 0 bridgehead atoms. The SMILES string of the molecule is CCOC(=O)CCC(=O)N=C=S. The van der Waals surface area contributed by atoms with E-state index in [1.54, 1.807) is 6.92 Å². The van der Waals surface area contributed by atoms with Gasteiger partial charge in [0.25, 0.3) is 5.91 Å². The summed E-state index contributed by atoms with van der Waals surface area (Å²) in [5.74, 6) is -0.844. The summed E-state index contributed by atoms with van der Waals surface area (Å²) >= 11 is 4.21. The zero-order valence-corrected chi connectivity index (χ0v) is 7.52. The van der Waals surface area contributed by atoms with Gasteiger partial charge in [-0.05, 0) is 19.1 Å². The van der Waals surface area contributed by atoms with E-state index in [0.717, 1.165) is 0 Å². The number of isothiocyanates is 1. The monoisotopic (exact) mass is 187 g/mol. The van der Waals surface area contributed by atoms with Crippen molar-refractivity contribution in [1.29, 1.82) is 0 Å². The van der Waals surface area contributed by atoms with E-state index in [2.05, 4.69) is 21.9 Å². The Labute approximate surface area is 75.6 Å². The molecule has 1 amide bonds. The standard InChI is InChI=1S/C7H9NO3S/c1-2-11-7(10)4-3-6(9)8-5-12/h2-4H2,1H3. The molecule has 0 radical (unpaired) electrons.